The van der Waals surface area contributed by atoms with Gasteiger partial charge in [0.2, 0.25) is 0 Å². The first-order valence-electron chi connectivity index (χ1n) is 8.17. The van der Waals surface area contributed by atoms with Gasteiger partial charge in [0.15, 0.2) is 0 Å². The second-order valence-electron chi connectivity index (χ2n) is 6.18. The highest BCUT2D eigenvalue weighted by atomic mass is 15.2. The van der Waals surface area contributed by atoms with Gasteiger partial charge >= 0.3 is 0 Å². The zero-order valence-electron chi connectivity index (χ0n) is 11.8. The summed E-state index contributed by atoms with van der Waals surface area (Å²) in [5, 5.41) is 0. The fraction of sp³-hybridized carbons (Fsp3) is 1.00. The Labute approximate surface area is 108 Å². The maximum absolute atomic E-state index is 2.93. The van der Waals surface area contributed by atoms with Crippen LogP contribution in [0.3, 0.4) is 0 Å². The third-order valence-electron chi connectivity index (χ3n) is 4.86. The second kappa shape index (κ2) is 7.41. The normalized spacial score (nSPS) is 24.4. The number of unbranched alkanes of at least 4 members (excludes halogenated alkanes) is 1. The molecule has 17 heavy (non-hydrogen) atoms. The molecule has 0 aliphatic heterocycles. The molecule has 0 saturated heterocycles. The van der Waals surface area contributed by atoms with Gasteiger partial charge in [-0.3, -0.25) is 4.90 Å². The Bertz CT molecular complexity index is 172. The second-order valence-corrected chi connectivity index (χ2v) is 6.18. The smallest absolute Gasteiger partial charge is 0.00981 e. The van der Waals surface area contributed by atoms with Gasteiger partial charge in [0.05, 0.1) is 0 Å². The molecule has 2 aliphatic carbocycles. The zero-order valence-corrected chi connectivity index (χ0v) is 11.8. The van der Waals surface area contributed by atoms with E-state index in [1.807, 2.05) is 0 Å². The molecular weight excluding hydrogens is 206 g/mol. The van der Waals surface area contributed by atoms with Crippen LogP contribution in [0.2, 0.25) is 0 Å². The largest absolute Gasteiger partial charge is 0.297 e. The minimum absolute atomic E-state index is 0.943. The van der Waals surface area contributed by atoms with Crippen LogP contribution in [-0.2, 0) is 0 Å². The van der Waals surface area contributed by atoms with Gasteiger partial charge in [-0.2, -0.15) is 0 Å². The van der Waals surface area contributed by atoms with Crippen molar-refractivity contribution < 1.29 is 0 Å². The van der Waals surface area contributed by atoms with E-state index in [1.54, 1.807) is 0 Å². The SMILES string of the molecule is CCCCN(C1CCCCC1)C1CCCCC1. The van der Waals surface area contributed by atoms with Gasteiger partial charge in [0.25, 0.3) is 0 Å². The molecule has 0 aromatic rings. The third-order valence-corrected chi connectivity index (χ3v) is 4.86. The molecule has 0 bridgehead atoms. The number of hydrogen-bond donors (Lipinski definition) is 0. The summed E-state index contributed by atoms with van der Waals surface area (Å²) in [6, 6.07) is 1.89. The number of nitrogens with zero attached hydrogens (tertiary/aromatic N) is 1. The molecule has 0 N–H and O–H groups in total. The minimum atomic E-state index is 0.943. The van der Waals surface area contributed by atoms with Crippen LogP contribution in [0.25, 0.3) is 0 Å². The van der Waals surface area contributed by atoms with Crippen molar-refractivity contribution in [1.29, 1.82) is 0 Å². The van der Waals surface area contributed by atoms with E-state index in [0.717, 1.165) is 12.1 Å². The molecule has 2 fully saturated rings. The molecule has 2 saturated carbocycles. The summed E-state index contributed by atoms with van der Waals surface area (Å²) >= 11 is 0. The fourth-order valence-corrected chi connectivity index (χ4v) is 3.83. The van der Waals surface area contributed by atoms with Crippen molar-refractivity contribution in [2.75, 3.05) is 6.54 Å². The highest BCUT2D eigenvalue weighted by Gasteiger charge is 2.27. The van der Waals surface area contributed by atoms with Gasteiger partial charge in [0.1, 0.15) is 0 Å². The molecule has 100 valence electrons. The third kappa shape index (κ3) is 3.98. The van der Waals surface area contributed by atoms with Crippen LogP contribution in [0, 0.1) is 0 Å². The van der Waals surface area contributed by atoms with E-state index in [-0.39, 0.29) is 0 Å². The average Bonchev–Trinajstić information content (AvgIpc) is 2.42. The summed E-state index contributed by atoms with van der Waals surface area (Å²) in [6.07, 6.45) is 17.6. The van der Waals surface area contributed by atoms with Crippen LogP contribution in [0.15, 0.2) is 0 Å². The maximum Gasteiger partial charge on any atom is 0.00981 e. The molecule has 0 unspecified atom stereocenters. The molecule has 2 rings (SSSR count). The van der Waals surface area contributed by atoms with Gasteiger partial charge in [-0.05, 0) is 38.6 Å². The van der Waals surface area contributed by atoms with Crippen LogP contribution in [0.1, 0.15) is 84.0 Å². The summed E-state index contributed by atoms with van der Waals surface area (Å²) in [7, 11) is 0. The van der Waals surface area contributed by atoms with Crippen molar-refractivity contribution in [2.24, 2.45) is 0 Å². The van der Waals surface area contributed by atoms with Crippen molar-refractivity contribution >= 4 is 0 Å². The van der Waals surface area contributed by atoms with Crippen LogP contribution < -0.4 is 0 Å². The Morgan fingerprint density at radius 3 is 1.65 bits per heavy atom. The quantitative estimate of drug-likeness (QED) is 0.666. The zero-order chi connectivity index (χ0) is 11.9. The summed E-state index contributed by atoms with van der Waals surface area (Å²) in [5.41, 5.74) is 0. The molecular formula is C16H31N. The molecule has 0 radical (unpaired) electrons. The monoisotopic (exact) mass is 237 g/mol. The van der Waals surface area contributed by atoms with Crippen molar-refractivity contribution in [2.45, 2.75) is 96.1 Å². The minimum Gasteiger partial charge on any atom is -0.297 e. The van der Waals surface area contributed by atoms with Gasteiger partial charge in [0, 0.05) is 12.1 Å². The first-order chi connectivity index (χ1) is 8.42. The lowest BCUT2D eigenvalue weighted by molar-refractivity contribution is 0.0794. The molecule has 0 atom stereocenters. The van der Waals surface area contributed by atoms with Crippen LogP contribution in [0.5, 0.6) is 0 Å². The molecule has 0 heterocycles. The lowest BCUT2D eigenvalue weighted by Gasteiger charge is -2.41. The number of hydrogen-bond acceptors (Lipinski definition) is 1. The van der Waals surface area contributed by atoms with E-state index in [2.05, 4.69) is 11.8 Å². The lowest BCUT2D eigenvalue weighted by Crippen LogP contribution is -2.45. The van der Waals surface area contributed by atoms with E-state index >= 15 is 0 Å². The molecule has 1 heteroatoms. The molecule has 0 aromatic heterocycles. The molecule has 0 amide bonds. The van der Waals surface area contributed by atoms with E-state index in [1.165, 1.54) is 83.6 Å². The first-order valence-corrected chi connectivity index (χ1v) is 8.17. The van der Waals surface area contributed by atoms with E-state index < -0.39 is 0 Å². The van der Waals surface area contributed by atoms with Gasteiger partial charge < -0.3 is 0 Å². The Kier molecular flexibility index (Phi) is 5.84. The van der Waals surface area contributed by atoms with Crippen molar-refractivity contribution in [3.8, 4) is 0 Å². The van der Waals surface area contributed by atoms with Crippen molar-refractivity contribution in [1.82, 2.24) is 4.90 Å². The molecule has 1 nitrogen and oxygen atoms in total. The van der Waals surface area contributed by atoms with E-state index in [0.29, 0.717) is 0 Å². The van der Waals surface area contributed by atoms with Crippen LogP contribution in [0.4, 0.5) is 0 Å². The van der Waals surface area contributed by atoms with Gasteiger partial charge in [-0.25, -0.2) is 0 Å². The predicted octanol–water partition coefficient (Wildman–Crippen LogP) is 4.75. The highest BCUT2D eigenvalue weighted by molar-refractivity contribution is 4.83. The summed E-state index contributed by atoms with van der Waals surface area (Å²) < 4.78 is 0. The average molecular weight is 237 g/mol. The van der Waals surface area contributed by atoms with Gasteiger partial charge in [-0.15, -0.1) is 0 Å². The van der Waals surface area contributed by atoms with E-state index in [4.69, 9.17) is 0 Å². The predicted molar refractivity (Wildman–Crippen MR) is 75.4 cm³/mol. The first kappa shape index (κ1) is 13.4. The van der Waals surface area contributed by atoms with Gasteiger partial charge in [-0.1, -0.05) is 51.9 Å². The molecule has 2 aliphatic rings. The molecule has 0 spiro atoms. The molecule has 0 aromatic carbocycles. The topological polar surface area (TPSA) is 3.24 Å². The Hall–Kier alpha value is -0.0400. The summed E-state index contributed by atoms with van der Waals surface area (Å²) in [6.45, 7) is 3.71. The Morgan fingerprint density at radius 1 is 0.765 bits per heavy atom. The fourth-order valence-electron chi connectivity index (χ4n) is 3.83. The van der Waals surface area contributed by atoms with Crippen LogP contribution >= 0.6 is 0 Å². The highest BCUT2D eigenvalue weighted by Crippen LogP contribution is 2.30. The Morgan fingerprint density at radius 2 is 1.24 bits per heavy atom. The standard InChI is InChI=1S/C16H31N/c1-2-3-14-17(15-10-6-4-7-11-15)16-12-8-5-9-13-16/h15-16H,2-14H2,1H3. The Balaban J connectivity index is 1.90. The van der Waals surface area contributed by atoms with Crippen molar-refractivity contribution in [3.63, 3.8) is 0 Å². The lowest BCUT2D eigenvalue weighted by atomic mass is 9.88. The summed E-state index contributed by atoms with van der Waals surface area (Å²) in [5.74, 6) is 0. The van der Waals surface area contributed by atoms with Crippen LogP contribution in [-0.4, -0.2) is 23.5 Å². The number of rotatable bonds is 5. The summed E-state index contributed by atoms with van der Waals surface area (Å²) in [4.78, 5) is 2.93. The van der Waals surface area contributed by atoms with Crippen molar-refractivity contribution in [3.05, 3.63) is 0 Å². The maximum atomic E-state index is 2.93. The van der Waals surface area contributed by atoms with E-state index in [9.17, 15) is 0 Å².